The van der Waals surface area contributed by atoms with Gasteiger partial charge in [-0.3, -0.25) is 10.1 Å². The van der Waals surface area contributed by atoms with Gasteiger partial charge in [-0.25, -0.2) is 4.79 Å². The number of hydrogen-bond donors (Lipinski definition) is 1. The molecule has 7 heteroatoms. The zero-order valence-electron chi connectivity index (χ0n) is 15.8. The van der Waals surface area contributed by atoms with E-state index >= 15 is 0 Å². The third kappa shape index (κ3) is 2.80. The Morgan fingerprint density at radius 2 is 2.07 bits per heavy atom. The molecule has 1 aliphatic carbocycles. The average molecular weight is 384 g/mol. The van der Waals surface area contributed by atoms with Crippen molar-refractivity contribution in [3.63, 3.8) is 0 Å². The molecule has 1 saturated carbocycles. The van der Waals surface area contributed by atoms with Crippen LogP contribution < -0.4 is 10.1 Å². The van der Waals surface area contributed by atoms with E-state index in [4.69, 9.17) is 4.74 Å². The number of carbonyl (C=O) groups excluding carboxylic acids is 2. The number of hydrogen-bond acceptors (Lipinski definition) is 6. The number of fused-ring (bicyclic) bond motifs is 2. The fraction of sp³-hybridized carbons (Fsp3) is 0.524. The fourth-order valence-electron chi connectivity index (χ4n) is 5.05. The van der Waals surface area contributed by atoms with Crippen molar-refractivity contribution in [2.45, 2.75) is 62.9 Å². The van der Waals surface area contributed by atoms with Crippen LogP contribution in [0.1, 0.15) is 56.9 Å². The molecule has 1 aromatic carbocycles. The van der Waals surface area contributed by atoms with Gasteiger partial charge in [-0.05, 0) is 37.6 Å². The Morgan fingerprint density at radius 3 is 2.82 bits per heavy atom. The maximum atomic E-state index is 13.0. The van der Waals surface area contributed by atoms with Gasteiger partial charge in [0.2, 0.25) is 0 Å². The molecule has 0 spiro atoms. The summed E-state index contributed by atoms with van der Waals surface area (Å²) in [5.74, 6) is -1.25. The van der Waals surface area contributed by atoms with Gasteiger partial charge in [-0.2, -0.15) is 0 Å². The van der Waals surface area contributed by atoms with Crippen LogP contribution >= 0.6 is 0 Å². The highest BCUT2D eigenvalue weighted by molar-refractivity contribution is 5.87. The minimum Gasteiger partial charge on any atom is -0.421 e. The lowest BCUT2D eigenvalue weighted by Gasteiger charge is -2.39. The van der Waals surface area contributed by atoms with E-state index in [2.05, 4.69) is 5.32 Å². The predicted octanol–water partition coefficient (Wildman–Crippen LogP) is 3.12. The van der Waals surface area contributed by atoms with Crippen molar-refractivity contribution in [2.24, 2.45) is 5.92 Å². The van der Waals surface area contributed by atoms with Gasteiger partial charge in [0.1, 0.15) is 11.5 Å². The van der Waals surface area contributed by atoms with Gasteiger partial charge >= 0.3 is 11.5 Å². The molecule has 0 bridgehead atoms. The predicted molar refractivity (Wildman–Crippen MR) is 101 cm³/mol. The molecule has 148 valence electrons. The van der Waals surface area contributed by atoms with Gasteiger partial charge in [-0.15, -0.1) is 0 Å². The number of nitro groups is 1. The van der Waals surface area contributed by atoms with E-state index in [1.165, 1.54) is 6.92 Å². The fourth-order valence-corrected chi connectivity index (χ4v) is 5.05. The number of nitrogens with zero attached hydrogens (tertiary/aromatic N) is 1. The summed E-state index contributed by atoms with van der Waals surface area (Å²) in [6, 6.07) is 7.29. The van der Waals surface area contributed by atoms with E-state index in [-0.39, 0.29) is 30.6 Å². The molecule has 4 rings (SSSR count). The molecule has 4 atom stereocenters. The molecule has 0 amide bonds. The first kappa shape index (κ1) is 18.7. The van der Waals surface area contributed by atoms with Crippen LogP contribution in [0.15, 0.2) is 36.0 Å². The number of esters is 1. The third-order valence-corrected chi connectivity index (χ3v) is 6.44. The van der Waals surface area contributed by atoms with Gasteiger partial charge in [0.25, 0.3) is 0 Å². The molecule has 0 aromatic heterocycles. The summed E-state index contributed by atoms with van der Waals surface area (Å²) in [5.41, 5.74) is -0.435. The quantitative estimate of drug-likeness (QED) is 0.362. The Labute approximate surface area is 163 Å². The van der Waals surface area contributed by atoms with E-state index in [0.717, 1.165) is 31.3 Å². The number of para-hydroxylation sites is 1. The largest absolute Gasteiger partial charge is 0.421 e. The van der Waals surface area contributed by atoms with Crippen LogP contribution in [0, 0.1) is 16.0 Å². The molecular weight excluding hydrogens is 360 g/mol. The van der Waals surface area contributed by atoms with Gasteiger partial charge in [0, 0.05) is 35.3 Å². The highest BCUT2D eigenvalue weighted by Crippen LogP contribution is 2.52. The van der Waals surface area contributed by atoms with Crippen LogP contribution in [0.3, 0.4) is 0 Å². The van der Waals surface area contributed by atoms with Crippen molar-refractivity contribution in [3.05, 3.63) is 51.7 Å². The zero-order valence-corrected chi connectivity index (χ0v) is 15.8. The van der Waals surface area contributed by atoms with Gasteiger partial charge in [-0.1, -0.05) is 31.0 Å². The van der Waals surface area contributed by atoms with Crippen LogP contribution in [0.25, 0.3) is 0 Å². The summed E-state index contributed by atoms with van der Waals surface area (Å²) in [4.78, 5) is 36.6. The van der Waals surface area contributed by atoms with Crippen molar-refractivity contribution in [3.8, 4) is 5.75 Å². The van der Waals surface area contributed by atoms with E-state index < -0.39 is 22.3 Å². The second-order valence-electron chi connectivity index (χ2n) is 8.05. The molecule has 7 nitrogen and oxygen atoms in total. The SMILES string of the molecule is CC(=O)CC[C@]1([N+](=O)[O-])C(=O)Oc2ccccc2[C@H]1C1=CN[C@@H]2CCCC[C@H]12. The molecule has 1 N–H and O–H groups in total. The Balaban J connectivity index is 1.87. The Kier molecular flexibility index (Phi) is 4.69. The Morgan fingerprint density at radius 1 is 1.32 bits per heavy atom. The van der Waals surface area contributed by atoms with Crippen molar-refractivity contribution in [1.29, 1.82) is 0 Å². The number of benzene rings is 1. The van der Waals surface area contributed by atoms with E-state index in [1.54, 1.807) is 18.2 Å². The lowest BCUT2D eigenvalue weighted by molar-refractivity contribution is -0.560. The Hall–Kier alpha value is -2.70. The maximum Gasteiger partial charge on any atom is 0.391 e. The molecule has 2 heterocycles. The first-order valence-electron chi connectivity index (χ1n) is 9.86. The second kappa shape index (κ2) is 7.04. The first-order chi connectivity index (χ1) is 13.4. The highest BCUT2D eigenvalue weighted by Gasteiger charge is 2.64. The molecule has 3 aliphatic rings. The summed E-state index contributed by atoms with van der Waals surface area (Å²) in [6.07, 6.45) is 5.83. The summed E-state index contributed by atoms with van der Waals surface area (Å²) in [7, 11) is 0. The van der Waals surface area contributed by atoms with Gasteiger partial charge < -0.3 is 14.8 Å². The number of ketones is 1. The van der Waals surface area contributed by atoms with Crippen molar-refractivity contribution in [1.82, 2.24) is 5.32 Å². The third-order valence-electron chi connectivity index (χ3n) is 6.44. The van der Waals surface area contributed by atoms with Gasteiger partial charge in [0.15, 0.2) is 0 Å². The lowest BCUT2D eigenvalue weighted by atomic mass is 9.66. The topological polar surface area (TPSA) is 98.5 Å². The minimum atomic E-state index is -1.99. The molecule has 2 aliphatic heterocycles. The molecule has 1 fully saturated rings. The Bertz CT molecular complexity index is 864. The summed E-state index contributed by atoms with van der Waals surface area (Å²) in [6.45, 7) is 1.39. The number of nitrogens with one attached hydrogen (secondary N) is 1. The van der Waals surface area contributed by atoms with Crippen molar-refractivity contribution < 1.29 is 19.2 Å². The van der Waals surface area contributed by atoms with E-state index in [0.29, 0.717) is 11.3 Å². The standard InChI is InChI=1S/C21H24N2O5/c1-13(24)10-11-21(23(26)27)19(15-7-3-5-9-18(15)28-20(21)25)16-12-22-17-8-4-2-6-14(16)17/h3,5,7,9,12,14,17,19,22H,2,4,6,8,10-11H2,1H3/t14-,17-,19+,21-/m1/s1. The van der Waals surface area contributed by atoms with Crippen LogP contribution in [-0.2, 0) is 9.59 Å². The van der Waals surface area contributed by atoms with Gasteiger partial charge in [0.05, 0.1) is 5.92 Å². The maximum absolute atomic E-state index is 13.0. The van der Waals surface area contributed by atoms with Crippen molar-refractivity contribution >= 4 is 11.8 Å². The molecule has 0 radical (unpaired) electrons. The summed E-state index contributed by atoms with van der Waals surface area (Å²) in [5, 5.41) is 15.8. The number of rotatable bonds is 5. The minimum absolute atomic E-state index is 0.0381. The summed E-state index contributed by atoms with van der Waals surface area (Å²) < 4.78 is 5.43. The second-order valence-corrected chi connectivity index (χ2v) is 8.05. The smallest absolute Gasteiger partial charge is 0.391 e. The first-order valence-corrected chi connectivity index (χ1v) is 9.86. The van der Waals surface area contributed by atoms with Crippen molar-refractivity contribution in [2.75, 3.05) is 0 Å². The summed E-state index contributed by atoms with van der Waals surface area (Å²) >= 11 is 0. The molecule has 0 saturated heterocycles. The number of Topliss-reactive ketones (excluding diaryl/α,β-unsaturated/α-hetero) is 1. The molecule has 28 heavy (non-hydrogen) atoms. The normalized spacial score (nSPS) is 31.1. The van der Waals surface area contributed by atoms with E-state index in [1.807, 2.05) is 12.3 Å². The zero-order chi connectivity index (χ0) is 19.9. The van der Waals surface area contributed by atoms with Crippen LogP contribution in [0.2, 0.25) is 0 Å². The van der Waals surface area contributed by atoms with E-state index in [9.17, 15) is 19.7 Å². The number of carbonyl (C=O) groups is 2. The van der Waals surface area contributed by atoms with Crippen LogP contribution in [0.4, 0.5) is 0 Å². The number of ether oxygens (including phenoxy) is 1. The molecule has 0 unspecified atom stereocenters. The monoisotopic (exact) mass is 384 g/mol. The molecular formula is C21H24N2O5. The average Bonchev–Trinajstić information content (AvgIpc) is 3.09. The highest BCUT2D eigenvalue weighted by atomic mass is 16.6. The molecule has 1 aromatic rings. The van der Waals surface area contributed by atoms with Crippen LogP contribution in [-0.4, -0.2) is 28.3 Å². The lowest BCUT2D eigenvalue weighted by Crippen LogP contribution is -2.57. The van der Waals surface area contributed by atoms with Crippen LogP contribution in [0.5, 0.6) is 5.75 Å².